The number of hydrogen-bond donors (Lipinski definition) is 0. The van der Waals surface area contributed by atoms with E-state index >= 15 is 0 Å². The van der Waals surface area contributed by atoms with Crippen molar-refractivity contribution in [3.05, 3.63) is 59.0 Å². The van der Waals surface area contributed by atoms with Crippen LogP contribution in [0.15, 0.2) is 51.4 Å². The average Bonchev–Trinajstić information content (AvgIpc) is 2.98. The van der Waals surface area contributed by atoms with Gasteiger partial charge < -0.3 is 4.52 Å². The molecule has 1 unspecified atom stereocenters. The van der Waals surface area contributed by atoms with E-state index < -0.39 is 0 Å². The Bertz CT molecular complexity index is 916. The highest BCUT2D eigenvalue weighted by Gasteiger charge is 2.19. The molecule has 0 saturated carbocycles. The molecule has 0 aliphatic heterocycles. The Morgan fingerprint density at radius 3 is 2.87 bits per heavy atom. The Hall–Kier alpha value is -2.41. The summed E-state index contributed by atoms with van der Waals surface area (Å²) in [7, 11) is 0. The van der Waals surface area contributed by atoms with E-state index in [1.165, 1.54) is 11.8 Å². The van der Waals surface area contributed by atoms with Gasteiger partial charge in [-0.15, -0.1) is 6.58 Å². The Morgan fingerprint density at radius 1 is 1.39 bits per heavy atom. The summed E-state index contributed by atoms with van der Waals surface area (Å²) in [5, 5.41) is 4.90. The zero-order chi connectivity index (χ0) is 16.4. The van der Waals surface area contributed by atoms with Crippen molar-refractivity contribution in [2.75, 3.05) is 0 Å². The van der Waals surface area contributed by atoms with E-state index in [0.29, 0.717) is 34.3 Å². The van der Waals surface area contributed by atoms with Crippen LogP contribution in [0.5, 0.6) is 0 Å². The molecule has 0 amide bonds. The standard InChI is InChI=1S/C16H16N4O2S/c1-4-9-20-15(21)12-7-5-6-8-13(12)18-16(20)23-10(2)14-17-11(3)19-22-14/h4-8,10H,1,9H2,2-3H3. The minimum Gasteiger partial charge on any atom is -0.338 e. The van der Waals surface area contributed by atoms with Gasteiger partial charge in [0.15, 0.2) is 11.0 Å². The molecule has 7 heteroatoms. The number of allylic oxidation sites excluding steroid dienone is 1. The lowest BCUT2D eigenvalue weighted by molar-refractivity contribution is 0.376. The lowest BCUT2D eigenvalue weighted by Crippen LogP contribution is -2.23. The molecular formula is C16H16N4O2S. The maximum atomic E-state index is 12.7. The molecule has 6 nitrogen and oxygen atoms in total. The monoisotopic (exact) mass is 328 g/mol. The highest BCUT2D eigenvalue weighted by Crippen LogP contribution is 2.32. The van der Waals surface area contributed by atoms with Crippen molar-refractivity contribution in [1.29, 1.82) is 0 Å². The number of hydrogen-bond acceptors (Lipinski definition) is 6. The molecule has 0 aliphatic rings. The van der Waals surface area contributed by atoms with Gasteiger partial charge in [-0.05, 0) is 26.0 Å². The van der Waals surface area contributed by atoms with Crippen molar-refractivity contribution in [3.8, 4) is 0 Å². The van der Waals surface area contributed by atoms with Gasteiger partial charge in [0.05, 0.1) is 16.2 Å². The van der Waals surface area contributed by atoms with E-state index in [-0.39, 0.29) is 10.8 Å². The molecule has 3 aromatic rings. The summed E-state index contributed by atoms with van der Waals surface area (Å²) in [6.45, 7) is 7.83. The first-order chi connectivity index (χ1) is 11.1. The van der Waals surface area contributed by atoms with Crippen LogP contribution in [0.4, 0.5) is 0 Å². The second-order valence-electron chi connectivity index (χ2n) is 5.06. The summed E-state index contributed by atoms with van der Waals surface area (Å²) in [4.78, 5) is 21.5. The van der Waals surface area contributed by atoms with E-state index in [1.54, 1.807) is 23.6 Å². The third kappa shape index (κ3) is 3.05. The van der Waals surface area contributed by atoms with Crippen molar-refractivity contribution in [1.82, 2.24) is 19.7 Å². The molecule has 0 fully saturated rings. The summed E-state index contributed by atoms with van der Waals surface area (Å²) in [6.07, 6.45) is 1.68. The summed E-state index contributed by atoms with van der Waals surface area (Å²) in [5.41, 5.74) is 0.598. The molecule has 23 heavy (non-hydrogen) atoms. The van der Waals surface area contributed by atoms with Crippen LogP contribution in [0.25, 0.3) is 10.9 Å². The molecule has 0 bridgehead atoms. The first-order valence-electron chi connectivity index (χ1n) is 7.17. The van der Waals surface area contributed by atoms with Gasteiger partial charge in [0.2, 0.25) is 5.89 Å². The van der Waals surface area contributed by atoms with Gasteiger partial charge in [0, 0.05) is 6.54 Å². The van der Waals surface area contributed by atoms with Crippen LogP contribution in [0.2, 0.25) is 0 Å². The summed E-state index contributed by atoms with van der Waals surface area (Å²) in [5.74, 6) is 1.10. The zero-order valence-electron chi connectivity index (χ0n) is 12.9. The maximum absolute atomic E-state index is 12.7. The van der Waals surface area contributed by atoms with Crippen molar-refractivity contribution >= 4 is 22.7 Å². The normalized spacial score (nSPS) is 12.4. The summed E-state index contributed by atoms with van der Waals surface area (Å²) in [6, 6.07) is 7.32. The fourth-order valence-electron chi connectivity index (χ4n) is 2.21. The number of benzene rings is 1. The first kappa shape index (κ1) is 15.5. The van der Waals surface area contributed by atoms with Crippen LogP contribution >= 0.6 is 11.8 Å². The quantitative estimate of drug-likeness (QED) is 0.407. The SMILES string of the molecule is C=CCn1c(SC(C)c2nc(C)no2)nc2ccccc2c1=O. The molecule has 0 N–H and O–H groups in total. The highest BCUT2D eigenvalue weighted by molar-refractivity contribution is 7.99. The number of aromatic nitrogens is 4. The Labute approximate surface area is 137 Å². The van der Waals surface area contributed by atoms with Gasteiger partial charge in [0.1, 0.15) is 0 Å². The van der Waals surface area contributed by atoms with Crippen LogP contribution in [-0.4, -0.2) is 19.7 Å². The van der Waals surface area contributed by atoms with E-state index in [4.69, 9.17) is 4.52 Å². The lowest BCUT2D eigenvalue weighted by atomic mass is 10.2. The molecule has 0 radical (unpaired) electrons. The van der Waals surface area contributed by atoms with Crippen molar-refractivity contribution in [3.63, 3.8) is 0 Å². The van der Waals surface area contributed by atoms with Crippen LogP contribution < -0.4 is 5.56 Å². The van der Waals surface area contributed by atoms with Crippen molar-refractivity contribution in [2.45, 2.75) is 30.8 Å². The van der Waals surface area contributed by atoms with E-state index in [2.05, 4.69) is 21.7 Å². The number of aryl methyl sites for hydroxylation is 1. The average molecular weight is 328 g/mol. The van der Waals surface area contributed by atoms with Crippen LogP contribution in [-0.2, 0) is 6.54 Å². The summed E-state index contributed by atoms with van der Waals surface area (Å²) >= 11 is 1.41. The smallest absolute Gasteiger partial charge is 0.262 e. The second kappa shape index (κ2) is 6.37. The summed E-state index contributed by atoms with van der Waals surface area (Å²) < 4.78 is 6.81. The molecule has 0 spiro atoms. The van der Waals surface area contributed by atoms with Gasteiger partial charge in [0.25, 0.3) is 5.56 Å². The molecule has 1 atom stereocenters. The predicted molar refractivity (Wildman–Crippen MR) is 89.5 cm³/mol. The number of fused-ring (bicyclic) bond motifs is 1. The lowest BCUT2D eigenvalue weighted by Gasteiger charge is -2.13. The van der Waals surface area contributed by atoms with Gasteiger partial charge in [-0.3, -0.25) is 9.36 Å². The van der Waals surface area contributed by atoms with Crippen molar-refractivity contribution in [2.24, 2.45) is 0 Å². The Balaban J connectivity index is 2.06. The molecular weight excluding hydrogens is 312 g/mol. The number of para-hydroxylation sites is 1. The first-order valence-corrected chi connectivity index (χ1v) is 8.05. The molecule has 0 saturated heterocycles. The van der Waals surface area contributed by atoms with E-state index in [1.807, 2.05) is 25.1 Å². The predicted octanol–water partition coefficient (Wildman–Crippen LogP) is 3.13. The molecule has 2 heterocycles. The molecule has 3 rings (SSSR count). The molecule has 1 aromatic carbocycles. The fourth-order valence-corrected chi connectivity index (χ4v) is 3.16. The minimum absolute atomic E-state index is 0.0769. The topological polar surface area (TPSA) is 73.8 Å². The van der Waals surface area contributed by atoms with Crippen LogP contribution in [0.1, 0.15) is 23.9 Å². The van der Waals surface area contributed by atoms with Gasteiger partial charge >= 0.3 is 0 Å². The third-order valence-corrected chi connectivity index (χ3v) is 4.39. The van der Waals surface area contributed by atoms with E-state index in [0.717, 1.165) is 0 Å². The highest BCUT2D eigenvalue weighted by atomic mass is 32.2. The third-order valence-electron chi connectivity index (χ3n) is 3.31. The number of rotatable bonds is 5. The van der Waals surface area contributed by atoms with Gasteiger partial charge in [-0.2, -0.15) is 4.98 Å². The van der Waals surface area contributed by atoms with Crippen molar-refractivity contribution < 1.29 is 4.52 Å². The second-order valence-corrected chi connectivity index (χ2v) is 6.36. The largest absolute Gasteiger partial charge is 0.338 e. The van der Waals surface area contributed by atoms with Crippen LogP contribution in [0.3, 0.4) is 0 Å². The molecule has 0 aliphatic carbocycles. The molecule has 118 valence electrons. The number of thioether (sulfide) groups is 1. The van der Waals surface area contributed by atoms with Crippen LogP contribution in [0, 0.1) is 6.92 Å². The van der Waals surface area contributed by atoms with E-state index in [9.17, 15) is 4.79 Å². The zero-order valence-corrected chi connectivity index (χ0v) is 13.7. The Kier molecular flexibility index (Phi) is 4.29. The Morgan fingerprint density at radius 2 is 2.17 bits per heavy atom. The van der Waals surface area contributed by atoms with Gasteiger partial charge in [-0.25, -0.2) is 4.98 Å². The number of nitrogens with zero attached hydrogens (tertiary/aromatic N) is 4. The molecule has 2 aromatic heterocycles. The fraction of sp³-hybridized carbons (Fsp3) is 0.250. The minimum atomic E-state index is -0.111. The van der Waals surface area contributed by atoms with Gasteiger partial charge in [-0.1, -0.05) is 35.1 Å². The maximum Gasteiger partial charge on any atom is 0.262 e.